The lowest BCUT2D eigenvalue weighted by molar-refractivity contribution is 0.937. The highest BCUT2D eigenvalue weighted by molar-refractivity contribution is 7.98. The maximum absolute atomic E-state index is 4.26. The fourth-order valence-electron chi connectivity index (χ4n) is 1.59. The number of thiophene rings is 1. The molecule has 3 nitrogen and oxygen atoms in total. The van der Waals surface area contributed by atoms with Gasteiger partial charge in [0, 0.05) is 18.1 Å². The summed E-state index contributed by atoms with van der Waals surface area (Å²) in [5, 5.41) is 11.5. The van der Waals surface area contributed by atoms with E-state index < -0.39 is 0 Å². The summed E-state index contributed by atoms with van der Waals surface area (Å²) in [7, 11) is 0. The Bertz CT molecular complexity index is 622. The second kappa shape index (κ2) is 5.95. The van der Waals surface area contributed by atoms with Gasteiger partial charge in [-0.15, -0.1) is 21.5 Å². The zero-order valence-electron chi connectivity index (χ0n) is 10.1. The van der Waals surface area contributed by atoms with Gasteiger partial charge in [-0.05, 0) is 41.3 Å². The third kappa shape index (κ3) is 3.19. The number of pyridine rings is 1. The van der Waals surface area contributed by atoms with Gasteiger partial charge in [0.25, 0.3) is 0 Å². The number of aromatic nitrogens is 3. The first-order valence-corrected chi connectivity index (χ1v) is 7.68. The molecule has 19 heavy (non-hydrogen) atoms. The maximum atomic E-state index is 4.26. The van der Waals surface area contributed by atoms with Crippen molar-refractivity contribution in [1.82, 2.24) is 15.2 Å². The smallest absolute Gasteiger partial charge is 0.119 e. The number of hydrogen-bond acceptors (Lipinski definition) is 5. The molecule has 5 heteroatoms. The van der Waals surface area contributed by atoms with Gasteiger partial charge < -0.3 is 0 Å². The fraction of sp³-hybridized carbons (Fsp3) is 0.0714. The van der Waals surface area contributed by atoms with Crippen molar-refractivity contribution >= 4 is 23.1 Å². The number of thioether (sulfide) groups is 1. The van der Waals surface area contributed by atoms with Crippen LogP contribution in [0.3, 0.4) is 0 Å². The number of nitrogens with zero attached hydrogens (tertiary/aromatic N) is 3. The quantitative estimate of drug-likeness (QED) is 0.682. The first-order chi connectivity index (χ1) is 9.42. The van der Waals surface area contributed by atoms with Gasteiger partial charge >= 0.3 is 0 Å². The Hall–Kier alpha value is -1.72. The molecule has 0 fully saturated rings. The predicted octanol–water partition coefficient (Wildman–Crippen LogP) is 3.89. The molecule has 0 N–H and O–H groups in total. The molecule has 0 radical (unpaired) electrons. The van der Waals surface area contributed by atoms with Crippen LogP contribution in [-0.4, -0.2) is 15.2 Å². The fourth-order valence-corrected chi connectivity index (χ4v) is 3.05. The molecular weight excluding hydrogens is 274 g/mol. The van der Waals surface area contributed by atoms with Crippen LogP contribution in [0.25, 0.3) is 10.6 Å². The van der Waals surface area contributed by atoms with Crippen molar-refractivity contribution in [2.24, 2.45) is 0 Å². The Morgan fingerprint density at radius 1 is 1.00 bits per heavy atom. The second-order valence-corrected chi connectivity index (χ2v) is 5.82. The van der Waals surface area contributed by atoms with E-state index in [1.807, 2.05) is 48.1 Å². The Labute approximate surface area is 119 Å². The monoisotopic (exact) mass is 285 g/mol. The van der Waals surface area contributed by atoms with E-state index in [1.54, 1.807) is 23.1 Å². The van der Waals surface area contributed by atoms with Gasteiger partial charge in [0.15, 0.2) is 0 Å². The molecular formula is C14H11N3S2. The van der Waals surface area contributed by atoms with Crippen LogP contribution < -0.4 is 0 Å². The van der Waals surface area contributed by atoms with Crippen LogP contribution in [0.4, 0.5) is 0 Å². The molecule has 0 aliphatic heterocycles. The highest BCUT2D eigenvalue weighted by Gasteiger charge is 2.02. The van der Waals surface area contributed by atoms with Crippen LogP contribution in [0, 0.1) is 0 Å². The number of rotatable bonds is 4. The van der Waals surface area contributed by atoms with Gasteiger partial charge in [0.05, 0.1) is 4.88 Å². The van der Waals surface area contributed by atoms with E-state index >= 15 is 0 Å². The highest BCUT2D eigenvalue weighted by Crippen LogP contribution is 2.24. The molecule has 0 aromatic carbocycles. The Balaban J connectivity index is 1.67. The molecule has 3 rings (SSSR count). The molecule has 3 aromatic heterocycles. The standard InChI is InChI=1S/C14H11N3S2/c1-2-13(18-9-1)12-3-4-14(17-16-12)19-10-11-5-7-15-8-6-11/h1-9H,10H2. The molecule has 0 unspecified atom stereocenters. The van der Waals surface area contributed by atoms with Crippen molar-refractivity contribution < 1.29 is 0 Å². The molecule has 0 spiro atoms. The maximum Gasteiger partial charge on any atom is 0.119 e. The van der Waals surface area contributed by atoms with E-state index in [9.17, 15) is 0 Å². The van der Waals surface area contributed by atoms with E-state index in [4.69, 9.17) is 0 Å². The molecule has 0 saturated heterocycles. The lowest BCUT2D eigenvalue weighted by Gasteiger charge is -2.01. The van der Waals surface area contributed by atoms with E-state index in [-0.39, 0.29) is 0 Å². The predicted molar refractivity (Wildman–Crippen MR) is 79.1 cm³/mol. The van der Waals surface area contributed by atoms with Crippen LogP contribution in [0.5, 0.6) is 0 Å². The minimum Gasteiger partial charge on any atom is -0.265 e. The summed E-state index contributed by atoms with van der Waals surface area (Å²) in [5.41, 5.74) is 2.17. The minimum absolute atomic E-state index is 0.884. The molecule has 0 atom stereocenters. The van der Waals surface area contributed by atoms with Crippen LogP contribution in [0.15, 0.2) is 59.2 Å². The van der Waals surface area contributed by atoms with E-state index in [1.165, 1.54) is 5.56 Å². The molecule has 0 saturated carbocycles. The van der Waals surface area contributed by atoms with Crippen LogP contribution in [-0.2, 0) is 5.75 Å². The summed E-state index contributed by atoms with van der Waals surface area (Å²) in [5.74, 6) is 0.884. The zero-order chi connectivity index (χ0) is 12.9. The van der Waals surface area contributed by atoms with Gasteiger partial charge in [-0.1, -0.05) is 17.8 Å². The molecule has 0 bridgehead atoms. The Morgan fingerprint density at radius 3 is 2.58 bits per heavy atom. The van der Waals surface area contributed by atoms with Crippen molar-refractivity contribution in [3.63, 3.8) is 0 Å². The first-order valence-electron chi connectivity index (χ1n) is 5.81. The average Bonchev–Trinajstić information content (AvgIpc) is 3.01. The molecule has 0 aliphatic carbocycles. The van der Waals surface area contributed by atoms with Crippen molar-refractivity contribution in [3.8, 4) is 10.6 Å². The molecule has 3 heterocycles. The largest absolute Gasteiger partial charge is 0.265 e. The normalized spacial score (nSPS) is 10.5. The van der Waals surface area contributed by atoms with E-state index in [0.717, 1.165) is 21.3 Å². The zero-order valence-corrected chi connectivity index (χ0v) is 11.7. The topological polar surface area (TPSA) is 38.7 Å². The SMILES string of the molecule is c1csc(-c2ccc(SCc3ccncc3)nn2)c1. The summed E-state index contributed by atoms with van der Waals surface area (Å²) in [6.45, 7) is 0. The summed E-state index contributed by atoms with van der Waals surface area (Å²) >= 11 is 3.36. The second-order valence-electron chi connectivity index (χ2n) is 3.88. The minimum atomic E-state index is 0.884. The van der Waals surface area contributed by atoms with Crippen molar-refractivity contribution in [1.29, 1.82) is 0 Å². The van der Waals surface area contributed by atoms with Gasteiger partial charge in [-0.2, -0.15) is 0 Å². The lowest BCUT2D eigenvalue weighted by atomic mass is 10.3. The summed E-state index contributed by atoms with van der Waals surface area (Å²) in [4.78, 5) is 5.16. The lowest BCUT2D eigenvalue weighted by Crippen LogP contribution is -1.88. The van der Waals surface area contributed by atoms with Crippen molar-refractivity contribution in [2.45, 2.75) is 10.8 Å². The molecule has 3 aromatic rings. The van der Waals surface area contributed by atoms with Crippen molar-refractivity contribution in [2.75, 3.05) is 0 Å². The van der Waals surface area contributed by atoms with Gasteiger partial charge in [-0.25, -0.2) is 0 Å². The van der Waals surface area contributed by atoms with E-state index in [0.29, 0.717) is 0 Å². The van der Waals surface area contributed by atoms with Crippen LogP contribution in [0.1, 0.15) is 5.56 Å². The third-order valence-electron chi connectivity index (χ3n) is 2.55. The first kappa shape index (κ1) is 12.3. The Morgan fingerprint density at radius 2 is 1.89 bits per heavy atom. The summed E-state index contributed by atoms with van der Waals surface area (Å²) < 4.78 is 0. The van der Waals surface area contributed by atoms with Crippen molar-refractivity contribution in [3.05, 3.63) is 59.7 Å². The van der Waals surface area contributed by atoms with Crippen LogP contribution >= 0.6 is 23.1 Å². The number of hydrogen-bond donors (Lipinski definition) is 0. The summed E-state index contributed by atoms with van der Waals surface area (Å²) in [6, 6.07) is 12.1. The molecule has 94 valence electrons. The molecule has 0 amide bonds. The van der Waals surface area contributed by atoms with Gasteiger partial charge in [0.2, 0.25) is 0 Å². The Kier molecular flexibility index (Phi) is 3.86. The average molecular weight is 285 g/mol. The van der Waals surface area contributed by atoms with E-state index in [2.05, 4.69) is 21.2 Å². The van der Waals surface area contributed by atoms with Crippen LogP contribution in [0.2, 0.25) is 0 Å². The third-order valence-corrected chi connectivity index (χ3v) is 4.43. The highest BCUT2D eigenvalue weighted by atomic mass is 32.2. The van der Waals surface area contributed by atoms with Gasteiger partial charge in [-0.3, -0.25) is 4.98 Å². The molecule has 0 aliphatic rings. The summed E-state index contributed by atoms with van der Waals surface area (Å²) in [6.07, 6.45) is 3.61. The van der Waals surface area contributed by atoms with Gasteiger partial charge in [0.1, 0.15) is 10.7 Å².